The summed E-state index contributed by atoms with van der Waals surface area (Å²) in [5.41, 5.74) is 0.903. The quantitative estimate of drug-likeness (QED) is 0.784. The molecule has 1 aromatic rings. The van der Waals surface area contributed by atoms with Gasteiger partial charge in [0.25, 0.3) is 0 Å². The number of carboxylic acid groups (broad SMARTS) is 1. The summed E-state index contributed by atoms with van der Waals surface area (Å²) in [7, 11) is 0. The molecule has 2 rings (SSSR count). The van der Waals surface area contributed by atoms with Gasteiger partial charge in [0.1, 0.15) is 6.54 Å². The number of aliphatic carboxylic acids is 1. The lowest BCUT2D eigenvalue weighted by Gasteiger charge is -2.22. The van der Waals surface area contributed by atoms with Crippen molar-refractivity contribution >= 4 is 27.8 Å². The van der Waals surface area contributed by atoms with E-state index in [1.807, 2.05) is 31.2 Å². The second-order valence-electron chi connectivity index (χ2n) is 5.96. The van der Waals surface area contributed by atoms with Crippen LogP contribution >= 0.6 is 15.9 Å². The van der Waals surface area contributed by atoms with Gasteiger partial charge in [-0.3, -0.25) is 9.59 Å². The highest BCUT2D eigenvalue weighted by Crippen LogP contribution is 2.23. The number of carbonyl (C=O) groups excluding carboxylic acids is 1. The summed E-state index contributed by atoms with van der Waals surface area (Å²) < 4.78 is 6.62. The van der Waals surface area contributed by atoms with Crippen molar-refractivity contribution in [3.63, 3.8) is 0 Å². The van der Waals surface area contributed by atoms with E-state index < -0.39 is 5.97 Å². The van der Waals surface area contributed by atoms with Gasteiger partial charge < -0.3 is 14.7 Å². The largest absolute Gasteiger partial charge is 0.480 e. The van der Waals surface area contributed by atoms with Crippen molar-refractivity contribution in [2.24, 2.45) is 0 Å². The van der Waals surface area contributed by atoms with E-state index in [1.54, 1.807) is 0 Å². The van der Waals surface area contributed by atoms with Crippen LogP contribution in [0.4, 0.5) is 0 Å². The number of hydrogen-bond acceptors (Lipinski definition) is 3. The minimum Gasteiger partial charge on any atom is -0.480 e. The number of benzene rings is 1. The minimum absolute atomic E-state index is 0.117. The summed E-state index contributed by atoms with van der Waals surface area (Å²) in [5, 5.41) is 9.05. The Kier molecular flexibility index (Phi) is 6.59. The van der Waals surface area contributed by atoms with Crippen molar-refractivity contribution in [3.8, 4) is 0 Å². The molecule has 126 valence electrons. The predicted molar refractivity (Wildman–Crippen MR) is 90.0 cm³/mol. The molecule has 1 fully saturated rings. The standard InChI is InChI=1S/C17H22BrNO4/c1-12-5-6-15(23-12)7-8-16(20)19(11-17(21)22)10-13-3-2-4-14(18)9-13/h2-4,9,12,15H,5-8,10-11H2,1H3,(H,21,22). The number of halogens is 1. The lowest BCUT2D eigenvalue weighted by Crippen LogP contribution is -2.35. The van der Waals surface area contributed by atoms with Gasteiger partial charge in [-0.25, -0.2) is 0 Å². The summed E-state index contributed by atoms with van der Waals surface area (Å²) in [4.78, 5) is 24.8. The van der Waals surface area contributed by atoms with Gasteiger partial charge in [0.15, 0.2) is 0 Å². The van der Waals surface area contributed by atoms with Gasteiger partial charge >= 0.3 is 5.97 Å². The molecule has 5 nitrogen and oxygen atoms in total. The summed E-state index contributed by atoms with van der Waals surface area (Å²) in [6.07, 6.45) is 3.34. The van der Waals surface area contributed by atoms with Gasteiger partial charge in [0.2, 0.25) is 5.91 Å². The smallest absolute Gasteiger partial charge is 0.323 e. The third-order valence-electron chi connectivity index (χ3n) is 3.94. The molecule has 0 bridgehead atoms. The Balaban J connectivity index is 1.93. The molecule has 0 aliphatic carbocycles. The van der Waals surface area contributed by atoms with Crippen molar-refractivity contribution in [2.45, 2.75) is 51.4 Å². The Hall–Kier alpha value is -1.40. The third-order valence-corrected chi connectivity index (χ3v) is 4.43. The molecule has 6 heteroatoms. The summed E-state index contributed by atoms with van der Waals surface area (Å²) in [6, 6.07) is 7.54. The summed E-state index contributed by atoms with van der Waals surface area (Å²) in [6.45, 7) is 2.05. The molecule has 2 atom stereocenters. The minimum atomic E-state index is -1.00. The summed E-state index contributed by atoms with van der Waals surface area (Å²) >= 11 is 3.38. The molecule has 0 saturated carbocycles. The highest BCUT2D eigenvalue weighted by atomic mass is 79.9. The van der Waals surface area contributed by atoms with E-state index in [0.717, 1.165) is 22.9 Å². The number of amides is 1. The Bertz CT molecular complexity index is 563. The first-order valence-corrected chi connectivity index (χ1v) is 8.63. The van der Waals surface area contributed by atoms with Crippen LogP contribution in [0.5, 0.6) is 0 Å². The highest BCUT2D eigenvalue weighted by Gasteiger charge is 2.24. The van der Waals surface area contributed by atoms with E-state index in [-0.39, 0.29) is 24.7 Å². The van der Waals surface area contributed by atoms with Gasteiger partial charge in [-0.05, 0) is 43.9 Å². The van der Waals surface area contributed by atoms with E-state index >= 15 is 0 Å². The number of ether oxygens (including phenoxy) is 1. The van der Waals surface area contributed by atoms with Crippen LogP contribution in [-0.2, 0) is 20.9 Å². The van der Waals surface area contributed by atoms with Crippen molar-refractivity contribution in [1.82, 2.24) is 4.90 Å². The fourth-order valence-corrected chi connectivity index (χ4v) is 3.24. The highest BCUT2D eigenvalue weighted by molar-refractivity contribution is 9.10. The lowest BCUT2D eigenvalue weighted by molar-refractivity contribution is -0.145. The average molecular weight is 384 g/mol. The molecular formula is C17H22BrNO4. The van der Waals surface area contributed by atoms with Gasteiger partial charge in [0, 0.05) is 17.4 Å². The van der Waals surface area contributed by atoms with Crippen LogP contribution < -0.4 is 0 Å². The molecule has 1 saturated heterocycles. The topological polar surface area (TPSA) is 66.8 Å². The third kappa shape index (κ3) is 5.95. The first kappa shape index (κ1) is 17.9. The predicted octanol–water partition coefficient (Wildman–Crippen LogP) is 3.21. The molecule has 1 aromatic carbocycles. The zero-order chi connectivity index (χ0) is 16.8. The Labute approximate surface area is 144 Å². The molecular weight excluding hydrogens is 362 g/mol. The molecule has 0 spiro atoms. The van der Waals surface area contributed by atoms with Crippen molar-refractivity contribution in [1.29, 1.82) is 0 Å². The number of nitrogens with zero attached hydrogens (tertiary/aromatic N) is 1. The Morgan fingerprint density at radius 1 is 1.39 bits per heavy atom. The van der Waals surface area contributed by atoms with E-state index in [0.29, 0.717) is 19.4 Å². The number of carboxylic acids is 1. The van der Waals surface area contributed by atoms with Crippen LogP contribution in [0.3, 0.4) is 0 Å². The monoisotopic (exact) mass is 383 g/mol. The first-order chi connectivity index (χ1) is 10.9. The molecule has 0 aromatic heterocycles. The molecule has 0 radical (unpaired) electrons. The fraction of sp³-hybridized carbons (Fsp3) is 0.529. The molecule has 23 heavy (non-hydrogen) atoms. The number of hydrogen-bond donors (Lipinski definition) is 1. The van der Waals surface area contributed by atoms with Crippen molar-refractivity contribution < 1.29 is 19.4 Å². The zero-order valence-electron chi connectivity index (χ0n) is 13.2. The van der Waals surface area contributed by atoms with Crippen LogP contribution in [0.15, 0.2) is 28.7 Å². The zero-order valence-corrected chi connectivity index (χ0v) is 14.8. The van der Waals surface area contributed by atoms with E-state index in [9.17, 15) is 9.59 Å². The second kappa shape index (κ2) is 8.45. The molecule has 1 N–H and O–H groups in total. The van der Waals surface area contributed by atoms with E-state index in [1.165, 1.54) is 4.90 Å². The molecule has 1 aliphatic heterocycles. The van der Waals surface area contributed by atoms with E-state index in [4.69, 9.17) is 9.84 Å². The average Bonchev–Trinajstić information content (AvgIpc) is 2.89. The second-order valence-corrected chi connectivity index (χ2v) is 6.87. The van der Waals surface area contributed by atoms with Crippen LogP contribution in [0.25, 0.3) is 0 Å². The maximum Gasteiger partial charge on any atom is 0.323 e. The van der Waals surface area contributed by atoms with Crippen molar-refractivity contribution in [3.05, 3.63) is 34.3 Å². The van der Waals surface area contributed by atoms with Gasteiger partial charge in [0.05, 0.1) is 12.2 Å². The SMILES string of the molecule is CC1CCC(CCC(=O)N(CC(=O)O)Cc2cccc(Br)c2)O1. The van der Waals surface area contributed by atoms with Gasteiger partial charge in [-0.2, -0.15) is 0 Å². The number of carbonyl (C=O) groups is 2. The van der Waals surface area contributed by atoms with Crippen LogP contribution in [0.1, 0.15) is 38.2 Å². The Morgan fingerprint density at radius 2 is 2.17 bits per heavy atom. The molecule has 1 aliphatic rings. The van der Waals surface area contributed by atoms with Gasteiger partial charge in [-0.15, -0.1) is 0 Å². The van der Waals surface area contributed by atoms with E-state index in [2.05, 4.69) is 15.9 Å². The lowest BCUT2D eigenvalue weighted by atomic mass is 10.1. The maximum absolute atomic E-state index is 12.4. The van der Waals surface area contributed by atoms with Crippen molar-refractivity contribution in [2.75, 3.05) is 6.54 Å². The number of rotatable bonds is 7. The fourth-order valence-electron chi connectivity index (χ4n) is 2.79. The normalized spacial score (nSPS) is 20.4. The van der Waals surface area contributed by atoms with Gasteiger partial charge in [-0.1, -0.05) is 28.1 Å². The first-order valence-electron chi connectivity index (χ1n) is 7.83. The molecule has 1 heterocycles. The Morgan fingerprint density at radius 3 is 2.78 bits per heavy atom. The van der Waals surface area contributed by atoms with Crippen LogP contribution in [-0.4, -0.2) is 40.6 Å². The molecule has 2 unspecified atom stereocenters. The molecule has 1 amide bonds. The maximum atomic E-state index is 12.4. The summed E-state index contributed by atoms with van der Waals surface area (Å²) in [5.74, 6) is -1.14. The van der Waals surface area contributed by atoms with Crippen LogP contribution in [0.2, 0.25) is 0 Å². The van der Waals surface area contributed by atoms with Crippen LogP contribution in [0, 0.1) is 0 Å².